The van der Waals surface area contributed by atoms with Gasteiger partial charge in [-0.3, -0.25) is 4.98 Å². The van der Waals surface area contributed by atoms with E-state index in [-0.39, 0.29) is 0 Å². The number of piperidine rings is 1. The van der Waals surface area contributed by atoms with Gasteiger partial charge in [0.1, 0.15) is 17.6 Å². The summed E-state index contributed by atoms with van der Waals surface area (Å²) >= 11 is 3.37. The van der Waals surface area contributed by atoms with Gasteiger partial charge in [0.05, 0.1) is 12.2 Å². The van der Waals surface area contributed by atoms with Crippen LogP contribution in [0.4, 0.5) is 5.82 Å². The number of nitrogens with zero attached hydrogens (tertiary/aromatic N) is 4. The Hall–Kier alpha value is -2.13. The van der Waals surface area contributed by atoms with E-state index in [2.05, 4.69) is 36.9 Å². The highest BCUT2D eigenvalue weighted by Crippen LogP contribution is 2.27. The number of aromatic nitrogens is 2. The minimum atomic E-state index is 0.523. The molecule has 0 aromatic carbocycles. The average molecular weight is 387 g/mol. The van der Waals surface area contributed by atoms with E-state index < -0.39 is 0 Å². The molecular formula is C18H19BrN4O. The van der Waals surface area contributed by atoms with Crippen LogP contribution < -0.4 is 9.64 Å². The van der Waals surface area contributed by atoms with Gasteiger partial charge < -0.3 is 9.64 Å². The van der Waals surface area contributed by atoms with Gasteiger partial charge in [-0.25, -0.2) is 4.98 Å². The molecule has 1 aliphatic heterocycles. The summed E-state index contributed by atoms with van der Waals surface area (Å²) in [6.45, 7) is 4.52. The predicted octanol–water partition coefficient (Wildman–Crippen LogP) is 3.71. The summed E-state index contributed by atoms with van der Waals surface area (Å²) in [5.74, 6) is 2.22. The van der Waals surface area contributed by atoms with E-state index in [1.165, 1.54) is 0 Å². The number of nitriles is 1. The van der Waals surface area contributed by atoms with E-state index in [1.54, 1.807) is 12.4 Å². The van der Waals surface area contributed by atoms with Crippen molar-refractivity contribution in [3.63, 3.8) is 0 Å². The molecular weight excluding hydrogens is 368 g/mol. The van der Waals surface area contributed by atoms with Crippen LogP contribution >= 0.6 is 15.9 Å². The van der Waals surface area contributed by atoms with Crippen molar-refractivity contribution in [3.05, 3.63) is 46.3 Å². The molecule has 0 saturated carbocycles. The van der Waals surface area contributed by atoms with Crippen LogP contribution in [0.25, 0.3) is 0 Å². The Bertz CT molecular complexity index is 751. The Morgan fingerprint density at radius 2 is 2.17 bits per heavy atom. The number of aryl methyl sites for hydroxylation is 1. The molecule has 6 heteroatoms. The van der Waals surface area contributed by atoms with E-state index in [0.717, 1.165) is 54.1 Å². The lowest BCUT2D eigenvalue weighted by Gasteiger charge is -2.33. The van der Waals surface area contributed by atoms with Gasteiger partial charge in [0.2, 0.25) is 0 Å². The molecule has 0 radical (unpaired) electrons. The number of hydrogen-bond acceptors (Lipinski definition) is 5. The zero-order valence-corrected chi connectivity index (χ0v) is 15.2. The summed E-state index contributed by atoms with van der Waals surface area (Å²) in [6, 6.07) is 5.97. The average Bonchev–Trinajstić information content (AvgIpc) is 2.61. The summed E-state index contributed by atoms with van der Waals surface area (Å²) < 4.78 is 6.78. The first-order chi connectivity index (χ1) is 11.7. The third-order valence-corrected chi connectivity index (χ3v) is 4.74. The number of rotatable bonds is 4. The first kappa shape index (κ1) is 16.7. The number of anilines is 1. The summed E-state index contributed by atoms with van der Waals surface area (Å²) in [7, 11) is 0. The molecule has 2 aromatic rings. The van der Waals surface area contributed by atoms with Crippen molar-refractivity contribution in [2.24, 2.45) is 5.92 Å². The molecule has 1 fully saturated rings. The molecule has 5 nitrogen and oxygen atoms in total. The minimum Gasteiger partial charge on any atom is -0.493 e. The Labute approximate surface area is 150 Å². The van der Waals surface area contributed by atoms with Crippen LogP contribution in [0.5, 0.6) is 5.75 Å². The first-order valence-electron chi connectivity index (χ1n) is 8.01. The second kappa shape index (κ2) is 7.63. The maximum atomic E-state index is 9.30. The van der Waals surface area contributed by atoms with E-state index in [0.29, 0.717) is 11.5 Å². The Balaban J connectivity index is 1.57. The lowest BCUT2D eigenvalue weighted by atomic mass is 9.97. The third kappa shape index (κ3) is 3.85. The van der Waals surface area contributed by atoms with Gasteiger partial charge in [-0.2, -0.15) is 5.26 Å². The van der Waals surface area contributed by atoms with Crippen molar-refractivity contribution in [1.82, 2.24) is 9.97 Å². The Morgan fingerprint density at radius 1 is 1.38 bits per heavy atom. The number of ether oxygens (including phenoxy) is 1. The Kier molecular flexibility index (Phi) is 5.31. The topological polar surface area (TPSA) is 62.0 Å². The minimum absolute atomic E-state index is 0.523. The fourth-order valence-corrected chi connectivity index (χ4v) is 3.24. The number of hydrogen-bond donors (Lipinski definition) is 0. The lowest BCUT2D eigenvalue weighted by molar-refractivity contribution is 0.221. The SMILES string of the molecule is Cc1cnccc1OCC1CCN(c2ncc(Br)cc2C#N)CC1. The molecule has 3 rings (SSSR count). The van der Waals surface area contributed by atoms with E-state index in [4.69, 9.17) is 4.74 Å². The molecule has 3 heterocycles. The number of halogens is 1. The summed E-state index contributed by atoms with van der Waals surface area (Å²) in [5, 5.41) is 9.30. The van der Waals surface area contributed by atoms with Crippen molar-refractivity contribution in [1.29, 1.82) is 5.26 Å². The smallest absolute Gasteiger partial charge is 0.146 e. The summed E-state index contributed by atoms with van der Waals surface area (Å²) in [6.07, 6.45) is 7.39. The van der Waals surface area contributed by atoms with Gasteiger partial charge in [0, 0.05) is 41.7 Å². The van der Waals surface area contributed by atoms with Crippen LogP contribution in [-0.4, -0.2) is 29.7 Å². The van der Waals surface area contributed by atoms with Gasteiger partial charge >= 0.3 is 0 Å². The molecule has 2 aromatic heterocycles. The first-order valence-corrected chi connectivity index (χ1v) is 8.80. The van der Waals surface area contributed by atoms with Gasteiger partial charge in [0.15, 0.2) is 0 Å². The van der Waals surface area contributed by atoms with Crippen molar-refractivity contribution in [3.8, 4) is 11.8 Å². The molecule has 0 N–H and O–H groups in total. The van der Waals surface area contributed by atoms with Crippen molar-refractivity contribution in [2.75, 3.05) is 24.6 Å². The molecule has 0 atom stereocenters. The van der Waals surface area contributed by atoms with Gasteiger partial charge in [-0.05, 0) is 53.7 Å². The fourth-order valence-electron chi connectivity index (χ4n) is 2.91. The zero-order valence-electron chi connectivity index (χ0n) is 13.6. The van der Waals surface area contributed by atoms with E-state index >= 15 is 0 Å². The highest BCUT2D eigenvalue weighted by atomic mass is 79.9. The molecule has 1 saturated heterocycles. The van der Waals surface area contributed by atoms with Gasteiger partial charge in [0.25, 0.3) is 0 Å². The normalized spacial score (nSPS) is 15.1. The van der Waals surface area contributed by atoms with Crippen LogP contribution in [-0.2, 0) is 0 Å². The zero-order chi connectivity index (χ0) is 16.9. The number of pyridine rings is 2. The maximum Gasteiger partial charge on any atom is 0.146 e. The highest BCUT2D eigenvalue weighted by Gasteiger charge is 2.22. The third-order valence-electron chi connectivity index (χ3n) is 4.31. The summed E-state index contributed by atoms with van der Waals surface area (Å²) in [4.78, 5) is 10.7. The second-order valence-corrected chi connectivity index (χ2v) is 6.93. The highest BCUT2D eigenvalue weighted by molar-refractivity contribution is 9.10. The van der Waals surface area contributed by atoms with Gasteiger partial charge in [-0.15, -0.1) is 0 Å². The van der Waals surface area contributed by atoms with Crippen LogP contribution in [0.15, 0.2) is 35.2 Å². The fraction of sp³-hybridized carbons (Fsp3) is 0.389. The quantitative estimate of drug-likeness (QED) is 0.800. The predicted molar refractivity (Wildman–Crippen MR) is 96.1 cm³/mol. The molecule has 24 heavy (non-hydrogen) atoms. The second-order valence-electron chi connectivity index (χ2n) is 6.02. The van der Waals surface area contributed by atoms with Crippen LogP contribution in [0.2, 0.25) is 0 Å². The van der Waals surface area contributed by atoms with Crippen molar-refractivity contribution in [2.45, 2.75) is 19.8 Å². The molecule has 0 spiro atoms. The summed E-state index contributed by atoms with van der Waals surface area (Å²) in [5.41, 5.74) is 1.68. The molecule has 124 valence electrons. The Morgan fingerprint density at radius 3 is 2.88 bits per heavy atom. The molecule has 0 bridgehead atoms. The van der Waals surface area contributed by atoms with Gasteiger partial charge in [-0.1, -0.05) is 0 Å². The van der Waals surface area contributed by atoms with Crippen LogP contribution in [0.3, 0.4) is 0 Å². The van der Waals surface area contributed by atoms with Crippen molar-refractivity contribution >= 4 is 21.7 Å². The molecule has 1 aliphatic rings. The maximum absolute atomic E-state index is 9.30. The molecule has 0 unspecified atom stereocenters. The lowest BCUT2D eigenvalue weighted by Crippen LogP contribution is -2.36. The van der Waals surface area contributed by atoms with Crippen molar-refractivity contribution < 1.29 is 4.74 Å². The molecule has 0 amide bonds. The van der Waals surface area contributed by atoms with E-state index in [9.17, 15) is 5.26 Å². The van der Waals surface area contributed by atoms with Crippen LogP contribution in [0, 0.1) is 24.2 Å². The molecule has 0 aliphatic carbocycles. The largest absolute Gasteiger partial charge is 0.493 e. The van der Waals surface area contributed by atoms with Crippen LogP contribution in [0.1, 0.15) is 24.0 Å². The van der Waals surface area contributed by atoms with E-state index in [1.807, 2.05) is 25.3 Å². The standard InChI is InChI=1S/C18H19BrN4O/c1-13-10-21-5-2-17(13)24-12-14-3-6-23(7-4-14)18-15(9-20)8-16(19)11-22-18/h2,5,8,10-11,14H,3-4,6-7,12H2,1H3. The monoisotopic (exact) mass is 386 g/mol.